The van der Waals surface area contributed by atoms with Crippen molar-refractivity contribution in [1.29, 1.82) is 0 Å². The smallest absolute Gasteiger partial charge is 0.0795 e. The molecule has 0 N–H and O–H groups in total. The molecule has 0 spiro atoms. The van der Waals surface area contributed by atoms with Crippen LogP contribution in [0.15, 0.2) is 188 Å². The largest absolute Gasteiger partial charge is 0.309 e. The highest BCUT2D eigenvalue weighted by Gasteiger charge is 2.23. The summed E-state index contributed by atoms with van der Waals surface area (Å²) in [4.78, 5) is 5.51. The molecule has 0 amide bonds. The second-order valence-corrected chi connectivity index (χ2v) is 16.1. The van der Waals surface area contributed by atoms with Gasteiger partial charge in [0.1, 0.15) is 0 Å². The van der Waals surface area contributed by atoms with Gasteiger partial charge in [-0.15, -0.1) is 11.3 Å². The minimum absolute atomic E-state index is 1.00. The van der Waals surface area contributed by atoms with Gasteiger partial charge in [0.15, 0.2) is 0 Å². The third-order valence-electron chi connectivity index (χ3n) is 12.0. The zero-order chi connectivity index (χ0) is 37.2. The molecule has 4 heterocycles. The lowest BCUT2D eigenvalue weighted by molar-refractivity contribution is 1.18. The first-order valence-corrected chi connectivity index (χ1v) is 20.3. The molecule has 4 heteroatoms. The maximum atomic E-state index is 5.51. The van der Waals surface area contributed by atoms with Crippen molar-refractivity contribution >= 4 is 108 Å². The van der Waals surface area contributed by atoms with E-state index in [-0.39, 0.29) is 0 Å². The van der Waals surface area contributed by atoms with E-state index in [9.17, 15) is 0 Å². The van der Waals surface area contributed by atoms with E-state index in [4.69, 9.17) is 4.98 Å². The summed E-state index contributed by atoms with van der Waals surface area (Å²) in [5, 5.41) is 13.6. The minimum Gasteiger partial charge on any atom is -0.309 e. The van der Waals surface area contributed by atoms with Crippen LogP contribution in [-0.4, -0.2) is 14.1 Å². The Morgan fingerprint density at radius 2 is 0.965 bits per heavy atom. The second-order valence-electron chi connectivity index (χ2n) is 15.1. The molecule has 0 atom stereocenters. The average molecular weight is 742 g/mol. The van der Waals surface area contributed by atoms with Crippen molar-refractivity contribution in [3.8, 4) is 22.6 Å². The normalized spacial score (nSPS) is 12.2. The fourth-order valence-electron chi connectivity index (χ4n) is 9.68. The van der Waals surface area contributed by atoms with E-state index in [0.717, 1.165) is 28.1 Å². The van der Waals surface area contributed by atoms with Crippen molar-refractivity contribution in [1.82, 2.24) is 14.1 Å². The Kier molecular flexibility index (Phi) is 6.32. The maximum Gasteiger partial charge on any atom is 0.0795 e. The fraction of sp³-hybridized carbons (Fsp3) is 0. The zero-order valence-electron chi connectivity index (χ0n) is 30.6. The molecule has 0 unspecified atom stereocenters. The van der Waals surface area contributed by atoms with Crippen molar-refractivity contribution in [2.24, 2.45) is 0 Å². The van der Waals surface area contributed by atoms with Gasteiger partial charge in [-0.25, -0.2) is 4.98 Å². The minimum atomic E-state index is 1.00. The van der Waals surface area contributed by atoms with Gasteiger partial charge in [0.05, 0.1) is 38.0 Å². The Hall–Kier alpha value is -7.27. The lowest BCUT2D eigenvalue weighted by Gasteiger charge is -2.17. The van der Waals surface area contributed by atoms with Gasteiger partial charge in [-0.3, -0.25) is 0 Å². The molecule has 0 fully saturated rings. The molecule has 0 aliphatic rings. The molecule has 0 bridgehead atoms. The van der Waals surface area contributed by atoms with Crippen LogP contribution < -0.4 is 0 Å². The van der Waals surface area contributed by atoms with Gasteiger partial charge >= 0.3 is 0 Å². The van der Waals surface area contributed by atoms with E-state index in [2.05, 4.69) is 197 Å². The molecule has 264 valence electrons. The molecule has 0 radical (unpaired) electrons. The summed E-state index contributed by atoms with van der Waals surface area (Å²) < 4.78 is 7.53. The summed E-state index contributed by atoms with van der Waals surface area (Å²) in [5.41, 5.74) is 10.3. The number of para-hydroxylation sites is 3. The highest BCUT2D eigenvalue weighted by molar-refractivity contribution is 7.26. The number of benzene rings is 9. The Bertz CT molecular complexity index is 3810. The van der Waals surface area contributed by atoms with Gasteiger partial charge < -0.3 is 9.13 Å². The molecule has 3 nitrogen and oxygen atoms in total. The highest BCUT2D eigenvalue weighted by Crippen LogP contribution is 2.47. The van der Waals surface area contributed by atoms with Crippen LogP contribution in [0, 0.1) is 0 Å². The van der Waals surface area contributed by atoms with Crippen LogP contribution in [0.3, 0.4) is 0 Å². The molecule has 57 heavy (non-hydrogen) atoms. The quantitative estimate of drug-likeness (QED) is 0.165. The van der Waals surface area contributed by atoms with Gasteiger partial charge in [-0.1, -0.05) is 133 Å². The van der Waals surface area contributed by atoms with Crippen molar-refractivity contribution < 1.29 is 0 Å². The van der Waals surface area contributed by atoms with E-state index in [0.29, 0.717) is 0 Å². The van der Waals surface area contributed by atoms with E-state index >= 15 is 0 Å². The average Bonchev–Trinajstić information content (AvgIpc) is 3.92. The summed E-state index contributed by atoms with van der Waals surface area (Å²) >= 11 is 1.89. The molecule has 4 aromatic heterocycles. The Labute approximate surface area is 330 Å². The van der Waals surface area contributed by atoms with Crippen LogP contribution in [0.4, 0.5) is 0 Å². The van der Waals surface area contributed by atoms with Crippen LogP contribution in [-0.2, 0) is 0 Å². The van der Waals surface area contributed by atoms with Crippen LogP contribution in [0.1, 0.15) is 0 Å². The van der Waals surface area contributed by atoms with E-state index in [1.165, 1.54) is 90.7 Å². The third-order valence-corrected chi connectivity index (χ3v) is 13.2. The SMILES string of the molecule is c1ccc(-n2c3ccccc3c3cc4c(cc32)c2sc3ccccc3c2n4-c2cccc(-c3nc4ccccc4c4c5ccccc5c5ccccc5c34)c2)cc1. The van der Waals surface area contributed by atoms with Crippen molar-refractivity contribution in [2.75, 3.05) is 0 Å². The number of pyridine rings is 1. The predicted octanol–water partition coefficient (Wildman–Crippen LogP) is 14.8. The van der Waals surface area contributed by atoms with Gasteiger partial charge in [0.25, 0.3) is 0 Å². The molecule has 0 aliphatic carbocycles. The molecular weight excluding hydrogens is 711 g/mol. The summed E-state index contributed by atoms with van der Waals surface area (Å²) in [7, 11) is 0. The van der Waals surface area contributed by atoms with Crippen LogP contribution >= 0.6 is 11.3 Å². The molecule has 9 aromatic carbocycles. The number of fused-ring (bicyclic) bond motifs is 16. The Balaban J connectivity index is 1.15. The van der Waals surface area contributed by atoms with Gasteiger partial charge in [-0.2, -0.15) is 0 Å². The summed E-state index contributed by atoms with van der Waals surface area (Å²) in [6.45, 7) is 0. The van der Waals surface area contributed by atoms with Gasteiger partial charge in [-0.05, 0) is 76.1 Å². The highest BCUT2D eigenvalue weighted by atomic mass is 32.1. The number of nitrogens with zero attached hydrogens (tertiary/aromatic N) is 3. The summed E-state index contributed by atoms with van der Waals surface area (Å²) in [6.07, 6.45) is 0. The number of hydrogen-bond acceptors (Lipinski definition) is 2. The fourth-order valence-corrected chi connectivity index (χ4v) is 10.9. The van der Waals surface area contributed by atoms with Gasteiger partial charge in [0, 0.05) is 59.3 Å². The first-order chi connectivity index (χ1) is 28.3. The number of aromatic nitrogens is 3. The molecule has 0 aliphatic heterocycles. The molecular formula is C53H31N3S. The number of rotatable bonds is 3. The first kappa shape index (κ1) is 31.0. The Morgan fingerprint density at radius 3 is 1.77 bits per heavy atom. The van der Waals surface area contributed by atoms with Crippen molar-refractivity contribution in [2.45, 2.75) is 0 Å². The first-order valence-electron chi connectivity index (χ1n) is 19.5. The van der Waals surface area contributed by atoms with E-state index < -0.39 is 0 Å². The lowest BCUT2D eigenvalue weighted by atomic mass is 9.90. The lowest BCUT2D eigenvalue weighted by Crippen LogP contribution is -1.97. The van der Waals surface area contributed by atoms with Crippen LogP contribution in [0.2, 0.25) is 0 Å². The molecule has 13 rings (SSSR count). The molecule has 13 aromatic rings. The van der Waals surface area contributed by atoms with Gasteiger partial charge in [0.2, 0.25) is 0 Å². The zero-order valence-corrected chi connectivity index (χ0v) is 31.5. The van der Waals surface area contributed by atoms with Crippen LogP contribution in [0.5, 0.6) is 0 Å². The topological polar surface area (TPSA) is 22.8 Å². The molecule has 0 saturated carbocycles. The number of thiophene rings is 1. The standard InChI is InChI=1S/C53H31N3S/c1-2-16-33(17-3-1)55-45-27-12-9-21-37(45)42-30-47-43(31-46(42)55)53-52(41-25-10-13-28-48(41)57-53)56(47)34-18-14-15-32(29-34)51-50-39-23-7-5-20-36(39)35-19-4-6-22-38(35)49(50)40-24-8-11-26-44(40)54-51/h1-31H. The van der Waals surface area contributed by atoms with E-state index in [1.54, 1.807) is 0 Å². The van der Waals surface area contributed by atoms with E-state index in [1.807, 2.05) is 11.3 Å². The van der Waals surface area contributed by atoms with Crippen molar-refractivity contribution in [3.63, 3.8) is 0 Å². The maximum absolute atomic E-state index is 5.51. The predicted molar refractivity (Wildman–Crippen MR) is 244 cm³/mol. The van der Waals surface area contributed by atoms with Crippen molar-refractivity contribution in [3.05, 3.63) is 188 Å². The molecule has 0 saturated heterocycles. The Morgan fingerprint density at radius 1 is 0.368 bits per heavy atom. The van der Waals surface area contributed by atoms with Crippen LogP contribution in [0.25, 0.3) is 119 Å². The monoisotopic (exact) mass is 741 g/mol. The third kappa shape index (κ3) is 4.28. The summed E-state index contributed by atoms with van der Waals surface area (Å²) in [5.74, 6) is 0. The number of hydrogen-bond donors (Lipinski definition) is 0. The summed E-state index contributed by atoms with van der Waals surface area (Å²) in [6, 6.07) is 68.7. The second kappa shape index (κ2) is 11.6.